The van der Waals surface area contributed by atoms with Crippen molar-refractivity contribution in [2.24, 2.45) is 0 Å². The number of H-pyrrole nitrogens is 1. The Kier molecular flexibility index (Phi) is 5.88. The molecule has 0 saturated carbocycles. The van der Waals surface area contributed by atoms with Gasteiger partial charge in [-0.3, -0.25) is 4.90 Å². The van der Waals surface area contributed by atoms with Crippen molar-refractivity contribution in [2.45, 2.75) is 31.7 Å². The van der Waals surface area contributed by atoms with Gasteiger partial charge in [-0.05, 0) is 30.8 Å². The number of nitrogens with one attached hydrogen (secondary N) is 1. The van der Waals surface area contributed by atoms with Crippen LogP contribution in [0.15, 0.2) is 59.9 Å². The largest absolute Gasteiger partial charge is 0.341 e. The molecule has 0 aliphatic carbocycles. The summed E-state index contributed by atoms with van der Waals surface area (Å²) in [5.74, 6) is 0.382. The molecule has 0 amide bonds. The lowest BCUT2D eigenvalue weighted by Crippen LogP contribution is -2.22. The molecule has 4 aromatic rings. The lowest BCUT2D eigenvalue weighted by molar-refractivity contribution is 0.302. The molecule has 162 valence electrons. The van der Waals surface area contributed by atoms with Crippen LogP contribution >= 0.6 is 0 Å². The van der Waals surface area contributed by atoms with Gasteiger partial charge in [0.05, 0.1) is 41.8 Å². The number of nitrogens with zero attached hydrogens (tertiary/aromatic N) is 4. The number of hydrogen-bond donors (Lipinski definition) is 1. The van der Waals surface area contributed by atoms with Crippen LogP contribution in [0.2, 0.25) is 0 Å². The van der Waals surface area contributed by atoms with Crippen molar-refractivity contribution >= 4 is 20.9 Å². The first-order chi connectivity index (χ1) is 14.9. The van der Waals surface area contributed by atoms with Gasteiger partial charge in [0.2, 0.25) is 15.0 Å². The van der Waals surface area contributed by atoms with Crippen molar-refractivity contribution in [1.29, 1.82) is 0 Å². The van der Waals surface area contributed by atoms with E-state index in [1.54, 1.807) is 23.8 Å². The predicted octanol–water partition coefficient (Wildman–Crippen LogP) is 3.37. The second-order valence-electron chi connectivity index (χ2n) is 7.52. The third-order valence-electron chi connectivity index (χ3n) is 5.09. The molecule has 7 nitrogen and oxygen atoms in total. The Morgan fingerprint density at radius 2 is 1.90 bits per heavy atom. The maximum absolute atomic E-state index is 13.4. The van der Waals surface area contributed by atoms with Crippen LogP contribution in [-0.4, -0.2) is 45.6 Å². The highest BCUT2D eigenvalue weighted by Gasteiger charge is 2.22. The van der Waals surface area contributed by atoms with Crippen LogP contribution in [0.1, 0.15) is 24.0 Å². The quantitative estimate of drug-likeness (QED) is 0.453. The van der Waals surface area contributed by atoms with Gasteiger partial charge in [0.15, 0.2) is 0 Å². The SMILES string of the molecule is CCS(=O)(=O)c1ncc(CN(C)Cc2nc3ccc(F)cc3[nH]2)n1Cc1ccccc1. The van der Waals surface area contributed by atoms with E-state index in [9.17, 15) is 12.8 Å². The van der Waals surface area contributed by atoms with Gasteiger partial charge in [-0.15, -0.1) is 0 Å². The standard InChI is InChI=1S/C22H24FN5O2S/c1-3-31(29,30)22-24-12-18(28(22)13-16-7-5-4-6-8-16)14-27(2)15-21-25-19-10-9-17(23)11-20(19)26-21/h4-12H,3,13-15H2,1-2H3,(H,25,26). The molecule has 0 saturated heterocycles. The normalized spacial score (nSPS) is 12.1. The van der Waals surface area contributed by atoms with Gasteiger partial charge in [-0.25, -0.2) is 22.8 Å². The zero-order valence-corrected chi connectivity index (χ0v) is 18.2. The minimum atomic E-state index is -3.46. The maximum Gasteiger partial charge on any atom is 0.228 e. The molecule has 0 spiro atoms. The summed E-state index contributed by atoms with van der Waals surface area (Å²) in [5.41, 5.74) is 3.14. The Morgan fingerprint density at radius 3 is 2.65 bits per heavy atom. The summed E-state index contributed by atoms with van der Waals surface area (Å²) in [6.07, 6.45) is 1.62. The van der Waals surface area contributed by atoms with Gasteiger partial charge in [0.1, 0.15) is 11.6 Å². The average Bonchev–Trinajstić information content (AvgIpc) is 3.32. The summed E-state index contributed by atoms with van der Waals surface area (Å²) < 4.78 is 40.4. The lowest BCUT2D eigenvalue weighted by Gasteiger charge is -2.18. The summed E-state index contributed by atoms with van der Waals surface area (Å²) in [5, 5.41) is 0.0847. The number of fused-ring (bicyclic) bond motifs is 1. The molecule has 0 unspecified atom stereocenters. The molecule has 0 fully saturated rings. The average molecular weight is 442 g/mol. The zero-order valence-electron chi connectivity index (χ0n) is 17.4. The first-order valence-electron chi connectivity index (χ1n) is 9.99. The number of hydrogen-bond acceptors (Lipinski definition) is 5. The number of halogens is 1. The van der Waals surface area contributed by atoms with Gasteiger partial charge < -0.3 is 9.55 Å². The van der Waals surface area contributed by atoms with E-state index in [-0.39, 0.29) is 16.7 Å². The third-order valence-corrected chi connectivity index (χ3v) is 6.73. The first-order valence-corrected chi connectivity index (χ1v) is 11.6. The van der Waals surface area contributed by atoms with Gasteiger partial charge in [0, 0.05) is 6.54 Å². The highest BCUT2D eigenvalue weighted by Crippen LogP contribution is 2.19. The van der Waals surface area contributed by atoms with Gasteiger partial charge >= 0.3 is 0 Å². The highest BCUT2D eigenvalue weighted by atomic mass is 32.2. The molecule has 2 aromatic heterocycles. The molecule has 1 N–H and O–H groups in total. The summed E-state index contributed by atoms with van der Waals surface area (Å²) in [4.78, 5) is 13.9. The van der Waals surface area contributed by atoms with Crippen LogP contribution in [0.4, 0.5) is 4.39 Å². The number of aromatic nitrogens is 4. The monoisotopic (exact) mass is 441 g/mol. The van der Waals surface area contributed by atoms with Crippen molar-refractivity contribution in [3.63, 3.8) is 0 Å². The predicted molar refractivity (Wildman–Crippen MR) is 117 cm³/mol. The molecule has 2 aromatic carbocycles. The Bertz CT molecular complexity index is 1300. The van der Waals surface area contributed by atoms with Crippen LogP contribution in [0.3, 0.4) is 0 Å². The smallest absolute Gasteiger partial charge is 0.228 e. The zero-order chi connectivity index (χ0) is 22.0. The molecule has 4 rings (SSSR count). The molecule has 0 aliphatic heterocycles. The van der Waals surface area contributed by atoms with Crippen LogP contribution < -0.4 is 0 Å². The van der Waals surface area contributed by atoms with E-state index in [1.807, 2.05) is 42.3 Å². The molecular formula is C22H24FN5O2S. The fourth-order valence-electron chi connectivity index (χ4n) is 3.53. The molecule has 0 bridgehead atoms. The topological polar surface area (TPSA) is 83.9 Å². The molecule has 31 heavy (non-hydrogen) atoms. The molecular weight excluding hydrogens is 417 g/mol. The molecule has 0 aliphatic rings. The van der Waals surface area contributed by atoms with Crippen LogP contribution in [0, 0.1) is 5.82 Å². The van der Waals surface area contributed by atoms with Crippen LogP contribution in [0.5, 0.6) is 0 Å². The van der Waals surface area contributed by atoms with Crippen LogP contribution in [0.25, 0.3) is 11.0 Å². The second-order valence-corrected chi connectivity index (χ2v) is 9.70. The Balaban J connectivity index is 1.59. The van der Waals surface area contributed by atoms with Crippen molar-refractivity contribution in [3.8, 4) is 0 Å². The van der Waals surface area contributed by atoms with Crippen molar-refractivity contribution in [1.82, 2.24) is 24.4 Å². The third kappa shape index (κ3) is 4.67. The Labute approximate surface area is 180 Å². The van der Waals surface area contributed by atoms with Crippen LogP contribution in [-0.2, 0) is 29.5 Å². The van der Waals surface area contributed by atoms with E-state index < -0.39 is 9.84 Å². The molecule has 2 heterocycles. The number of aromatic amines is 1. The van der Waals surface area contributed by atoms with E-state index in [2.05, 4.69) is 15.0 Å². The summed E-state index contributed by atoms with van der Waals surface area (Å²) in [6, 6.07) is 14.1. The first kappa shape index (κ1) is 21.2. The minimum Gasteiger partial charge on any atom is -0.341 e. The lowest BCUT2D eigenvalue weighted by atomic mass is 10.2. The van der Waals surface area contributed by atoms with E-state index >= 15 is 0 Å². The molecule has 0 radical (unpaired) electrons. The summed E-state index contributed by atoms with van der Waals surface area (Å²) >= 11 is 0. The second kappa shape index (κ2) is 8.60. The van der Waals surface area contributed by atoms with E-state index in [1.165, 1.54) is 12.1 Å². The van der Waals surface area contributed by atoms with Gasteiger partial charge in [-0.2, -0.15) is 0 Å². The number of sulfone groups is 1. The minimum absolute atomic E-state index is 0.0103. The van der Waals surface area contributed by atoms with E-state index in [0.717, 1.165) is 11.3 Å². The Morgan fingerprint density at radius 1 is 1.13 bits per heavy atom. The molecule has 0 atom stereocenters. The van der Waals surface area contributed by atoms with Gasteiger partial charge in [0.25, 0.3) is 0 Å². The van der Waals surface area contributed by atoms with Crippen molar-refractivity contribution in [3.05, 3.63) is 77.6 Å². The fourth-order valence-corrected chi connectivity index (χ4v) is 4.52. The van der Waals surface area contributed by atoms with Gasteiger partial charge in [-0.1, -0.05) is 37.3 Å². The number of imidazole rings is 2. The fraction of sp³-hybridized carbons (Fsp3) is 0.273. The summed E-state index contributed by atoms with van der Waals surface area (Å²) in [7, 11) is -1.55. The number of rotatable bonds is 8. The van der Waals surface area contributed by atoms with E-state index in [0.29, 0.717) is 36.5 Å². The molecule has 9 heteroatoms. The highest BCUT2D eigenvalue weighted by molar-refractivity contribution is 7.91. The Hall–Kier alpha value is -3.04. The number of benzene rings is 2. The van der Waals surface area contributed by atoms with Crippen molar-refractivity contribution in [2.75, 3.05) is 12.8 Å². The summed E-state index contributed by atoms with van der Waals surface area (Å²) in [6.45, 7) is 3.00. The maximum atomic E-state index is 13.4. The van der Waals surface area contributed by atoms with E-state index in [4.69, 9.17) is 0 Å². The van der Waals surface area contributed by atoms with Crippen molar-refractivity contribution < 1.29 is 12.8 Å².